The number of aryl methyl sites for hydroxylation is 2. The highest BCUT2D eigenvalue weighted by Crippen LogP contribution is 2.34. The quantitative estimate of drug-likeness (QED) is 0.523. The molecule has 4 aromatic rings. The van der Waals surface area contributed by atoms with Gasteiger partial charge in [0, 0.05) is 30.9 Å². The van der Waals surface area contributed by atoms with Crippen LogP contribution in [0.25, 0.3) is 10.9 Å². The first-order valence-corrected chi connectivity index (χ1v) is 8.73. The number of carbonyl (C=O) groups is 1. The summed E-state index contributed by atoms with van der Waals surface area (Å²) in [7, 11) is 1.88. The van der Waals surface area contributed by atoms with E-state index in [1.165, 1.54) is 0 Å². The Morgan fingerprint density at radius 2 is 1.96 bits per heavy atom. The molecule has 2 heterocycles. The summed E-state index contributed by atoms with van der Waals surface area (Å²) in [6, 6.07) is 12.8. The lowest BCUT2D eigenvalue weighted by Gasteiger charge is -2.11. The van der Waals surface area contributed by atoms with Gasteiger partial charge in [-0.25, -0.2) is 9.78 Å². The van der Waals surface area contributed by atoms with Crippen LogP contribution >= 0.6 is 0 Å². The van der Waals surface area contributed by atoms with Crippen molar-refractivity contribution in [3.8, 4) is 17.2 Å². The van der Waals surface area contributed by atoms with E-state index in [0.717, 1.165) is 11.4 Å². The number of aromatic amines is 1. The maximum absolute atomic E-state index is 11.4. The molecular formula is C21H19N3O4. The molecule has 142 valence electrons. The third kappa shape index (κ3) is 3.55. The smallest absolute Gasteiger partial charge is 0.352 e. The minimum Gasteiger partial charge on any atom is -0.483 e. The van der Waals surface area contributed by atoms with E-state index >= 15 is 0 Å². The predicted octanol–water partition coefficient (Wildman–Crippen LogP) is 4.28. The summed E-state index contributed by atoms with van der Waals surface area (Å²) in [6.07, 6.45) is 3.53. The molecule has 0 aliphatic rings. The van der Waals surface area contributed by atoms with Crippen molar-refractivity contribution in [3.63, 3.8) is 0 Å². The van der Waals surface area contributed by atoms with Gasteiger partial charge >= 0.3 is 5.97 Å². The molecule has 2 aromatic carbocycles. The Morgan fingerprint density at radius 3 is 2.64 bits per heavy atom. The first kappa shape index (κ1) is 17.7. The van der Waals surface area contributed by atoms with Crippen LogP contribution in [0.1, 0.15) is 21.9 Å². The number of carboxylic acid groups (broad SMARTS) is 1. The lowest BCUT2D eigenvalue weighted by atomic mass is 10.2. The number of benzene rings is 2. The Labute approximate surface area is 161 Å². The van der Waals surface area contributed by atoms with Crippen molar-refractivity contribution in [1.29, 1.82) is 0 Å². The number of ether oxygens (including phenoxy) is 2. The maximum atomic E-state index is 11.4. The van der Waals surface area contributed by atoms with Crippen LogP contribution in [0.2, 0.25) is 0 Å². The number of fused-ring (bicyclic) bond motifs is 1. The molecule has 0 amide bonds. The molecule has 0 fully saturated rings. The second-order valence-corrected chi connectivity index (χ2v) is 6.53. The third-order valence-corrected chi connectivity index (χ3v) is 4.43. The number of aromatic nitrogens is 3. The van der Waals surface area contributed by atoms with E-state index in [9.17, 15) is 9.90 Å². The van der Waals surface area contributed by atoms with Crippen LogP contribution in [0.15, 0.2) is 54.9 Å². The molecule has 0 aliphatic carbocycles. The summed E-state index contributed by atoms with van der Waals surface area (Å²) in [6.45, 7) is 2.25. The Kier molecular flexibility index (Phi) is 4.49. The summed E-state index contributed by atoms with van der Waals surface area (Å²) < 4.78 is 13.8. The molecule has 0 aliphatic heterocycles. The third-order valence-electron chi connectivity index (χ3n) is 4.43. The SMILES string of the molecule is Cc1ccc(Oc2cc(OCc3nccn3C)c3[nH]c(C(=O)O)cc3c2)cc1. The number of hydrogen-bond acceptors (Lipinski definition) is 4. The van der Waals surface area contributed by atoms with Crippen LogP contribution in [-0.4, -0.2) is 25.6 Å². The Hall–Kier alpha value is -3.74. The fourth-order valence-electron chi connectivity index (χ4n) is 2.89. The van der Waals surface area contributed by atoms with E-state index in [4.69, 9.17) is 9.47 Å². The molecule has 7 heteroatoms. The van der Waals surface area contributed by atoms with E-state index in [-0.39, 0.29) is 12.3 Å². The lowest BCUT2D eigenvalue weighted by molar-refractivity contribution is 0.0691. The van der Waals surface area contributed by atoms with Crippen LogP contribution in [0.5, 0.6) is 17.2 Å². The van der Waals surface area contributed by atoms with Crippen molar-refractivity contribution in [2.24, 2.45) is 7.05 Å². The van der Waals surface area contributed by atoms with Gasteiger partial charge in [-0.3, -0.25) is 0 Å². The Bertz CT molecular complexity index is 1140. The van der Waals surface area contributed by atoms with Crippen LogP contribution in [0, 0.1) is 6.92 Å². The second kappa shape index (κ2) is 7.11. The molecular weight excluding hydrogens is 358 g/mol. The van der Waals surface area contributed by atoms with Gasteiger partial charge in [-0.2, -0.15) is 0 Å². The van der Waals surface area contributed by atoms with Gasteiger partial charge in [-0.15, -0.1) is 0 Å². The van der Waals surface area contributed by atoms with Crippen molar-refractivity contribution in [2.75, 3.05) is 0 Å². The molecule has 2 N–H and O–H groups in total. The van der Waals surface area contributed by atoms with Crippen molar-refractivity contribution in [2.45, 2.75) is 13.5 Å². The molecule has 0 unspecified atom stereocenters. The molecule has 0 saturated heterocycles. The maximum Gasteiger partial charge on any atom is 0.352 e. The first-order chi connectivity index (χ1) is 13.5. The number of H-pyrrole nitrogens is 1. The number of hydrogen-bond donors (Lipinski definition) is 2. The van der Waals surface area contributed by atoms with Crippen LogP contribution < -0.4 is 9.47 Å². The lowest BCUT2D eigenvalue weighted by Crippen LogP contribution is -2.03. The topological polar surface area (TPSA) is 89.4 Å². The average molecular weight is 377 g/mol. The van der Waals surface area contributed by atoms with Gasteiger partial charge in [0.15, 0.2) is 0 Å². The second-order valence-electron chi connectivity index (χ2n) is 6.53. The standard InChI is InChI=1S/C21H19N3O4/c1-13-3-5-15(6-4-13)28-16-9-14-10-17(21(25)26)23-20(14)18(11-16)27-12-19-22-7-8-24(19)2/h3-11,23H,12H2,1-2H3,(H,25,26). The summed E-state index contributed by atoms with van der Waals surface area (Å²) >= 11 is 0. The summed E-state index contributed by atoms with van der Waals surface area (Å²) in [4.78, 5) is 18.5. The first-order valence-electron chi connectivity index (χ1n) is 8.73. The molecule has 0 atom stereocenters. The largest absolute Gasteiger partial charge is 0.483 e. The highest BCUT2D eigenvalue weighted by molar-refractivity contribution is 5.96. The molecule has 28 heavy (non-hydrogen) atoms. The Balaban J connectivity index is 1.70. The van der Waals surface area contributed by atoms with E-state index in [1.54, 1.807) is 24.4 Å². The minimum atomic E-state index is -1.03. The number of carboxylic acids is 1. The zero-order chi connectivity index (χ0) is 19.7. The van der Waals surface area contributed by atoms with Crippen LogP contribution in [0.4, 0.5) is 0 Å². The van der Waals surface area contributed by atoms with E-state index in [0.29, 0.717) is 28.2 Å². The van der Waals surface area contributed by atoms with Crippen molar-refractivity contribution < 1.29 is 19.4 Å². The predicted molar refractivity (Wildman–Crippen MR) is 104 cm³/mol. The van der Waals surface area contributed by atoms with E-state index < -0.39 is 5.97 Å². The molecule has 0 radical (unpaired) electrons. The number of imidazole rings is 1. The zero-order valence-electron chi connectivity index (χ0n) is 15.5. The van der Waals surface area contributed by atoms with Crippen molar-refractivity contribution in [1.82, 2.24) is 14.5 Å². The van der Waals surface area contributed by atoms with Gasteiger partial charge in [0.2, 0.25) is 0 Å². The fourth-order valence-corrected chi connectivity index (χ4v) is 2.89. The van der Waals surface area contributed by atoms with Gasteiger partial charge in [0.1, 0.15) is 35.4 Å². The van der Waals surface area contributed by atoms with Gasteiger partial charge < -0.3 is 24.1 Å². The van der Waals surface area contributed by atoms with Crippen LogP contribution in [0.3, 0.4) is 0 Å². The van der Waals surface area contributed by atoms with Gasteiger partial charge in [0.25, 0.3) is 0 Å². The molecule has 0 bridgehead atoms. The summed E-state index contributed by atoms with van der Waals surface area (Å²) in [5, 5.41) is 10.00. The van der Waals surface area contributed by atoms with Gasteiger partial charge in [-0.1, -0.05) is 17.7 Å². The van der Waals surface area contributed by atoms with E-state index in [2.05, 4.69) is 9.97 Å². The molecule has 4 rings (SSSR count). The number of nitrogens with one attached hydrogen (secondary N) is 1. The molecule has 7 nitrogen and oxygen atoms in total. The van der Waals surface area contributed by atoms with Crippen molar-refractivity contribution >= 4 is 16.9 Å². The summed E-state index contributed by atoms with van der Waals surface area (Å²) in [5.74, 6) is 1.46. The average Bonchev–Trinajstić information content (AvgIpc) is 3.28. The van der Waals surface area contributed by atoms with Gasteiger partial charge in [0.05, 0.1) is 5.52 Å². The van der Waals surface area contributed by atoms with Gasteiger partial charge in [-0.05, 0) is 31.2 Å². The van der Waals surface area contributed by atoms with Crippen molar-refractivity contribution in [3.05, 3.63) is 71.9 Å². The van der Waals surface area contributed by atoms with E-state index in [1.807, 2.05) is 49.0 Å². The number of aromatic carboxylic acids is 1. The highest BCUT2D eigenvalue weighted by atomic mass is 16.5. The minimum absolute atomic E-state index is 0.0873. The molecule has 0 saturated carbocycles. The number of nitrogens with zero attached hydrogens (tertiary/aromatic N) is 2. The summed E-state index contributed by atoms with van der Waals surface area (Å²) in [5.41, 5.74) is 1.82. The molecule has 0 spiro atoms. The Morgan fingerprint density at radius 1 is 1.18 bits per heavy atom. The zero-order valence-corrected chi connectivity index (χ0v) is 15.5. The number of rotatable bonds is 6. The molecule has 2 aromatic heterocycles. The fraction of sp³-hybridized carbons (Fsp3) is 0.143. The normalized spacial score (nSPS) is 10.9. The highest BCUT2D eigenvalue weighted by Gasteiger charge is 2.14. The van der Waals surface area contributed by atoms with Crippen LogP contribution in [-0.2, 0) is 13.7 Å². The monoisotopic (exact) mass is 377 g/mol.